The number of rotatable bonds is 5. The van der Waals surface area contributed by atoms with Gasteiger partial charge in [-0.05, 0) is 12.0 Å². The highest BCUT2D eigenvalue weighted by Gasteiger charge is 2.18. The molecule has 0 fully saturated rings. The topological polar surface area (TPSA) is 75.0 Å². The van der Waals surface area contributed by atoms with Crippen LogP contribution in [0.2, 0.25) is 0 Å². The minimum absolute atomic E-state index is 0.0648. The highest BCUT2D eigenvalue weighted by molar-refractivity contribution is 5.81. The van der Waals surface area contributed by atoms with E-state index in [4.69, 9.17) is 5.73 Å². The van der Waals surface area contributed by atoms with Crippen molar-refractivity contribution in [2.24, 2.45) is 5.73 Å². The van der Waals surface area contributed by atoms with Crippen molar-refractivity contribution in [3.05, 3.63) is 53.9 Å². The first kappa shape index (κ1) is 13.3. The number of nitrogens with zero attached hydrogens (tertiary/aromatic N) is 2. The summed E-state index contributed by atoms with van der Waals surface area (Å²) in [5.74, 6) is -0.0648. The summed E-state index contributed by atoms with van der Waals surface area (Å²) in [6.45, 7) is 0.512. The van der Waals surface area contributed by atoms with Crippen LogP contribution in [0.3, 0.4) is 0 Å². The summed E-state index contributed by atoms with van der Waals surface area (Å²) in [7, 11) is 1.75. The number of aromatic nitrogens is 2. The summed E-state index contributed by atoms with van der Waals surface area (Å²) in [6, 6.07) is 9.27. The molecular weight excluding hydrogens is 240 g/mol. The molecule has 1 atom stereocenters. The lowest BCUT2D eigenvalue weighted by Gasteiger charge is -2.20. The molecule has 1 aromatic heterocycles. The van der Waals surface area contributed by atoms with Gasteiger partial charge in [0.2, 0.25) is 5.91 Å². The molecule has 0 bridgehead atoms. The molecule has 1 aromatic carbocycles. The number of nitrogens with one attached hydrogen (secondary N) is 1. The molecule has 0 radical (unpaired) electrons. The average molecular weight is 258 g/mol. The van der Waals surface area contributed by atoms with Crippen molar-refractivity contribution in [3.8, 4) is 0 Å². The van der Waals surface area contributed by atoms with Gasteiger partial charge in [0.05, 0.1) is 12.2 Å². The number of nitrogens with two attached hydrogens (primary N) is 1. The summed E-state index contributed by atoms with van der Waals surface area (Å²) in [5, 5.41) is 6.58. The second-order valence-electron chi connectivity index (χ2n) is 4.60. The second-order valence-corrected chi connectivity index (χ2v) is 4.60. The molecule has 0 spiro atoms. The molecule has 2 aromatic rings. The lowest BCUT2D eigenvalue weighted by Crippen LogP contribution is -2.42. The second kappa shape index (κ2) is 6.15. The molecule has 1 amide bonds. The fourth-order valence-corrected chi connectivity index (χ4v) is 1.95. The first-order valence-electron chi connectivity index (χ1n) is 6.19. The minimum atomic E-state index is -0.515. The van der Waals surface area contributed by atoms with Crippen molar-refractivity contribution < 1.29 is 4.79 Å². The fourth-order valence-electron chi connectivity index (χ4n) is 1.95. The van der Waals surface area contributed by atoms with Gasteiger partial charge in [-0.2, -0.15) is 5.10 Å². The van der Waals surface area contributed by atoms with Crippen LogP contribution < -0.4 is 5.73 Å². The van der Waals surface area contributed by atoms with Gasteiger partial charge in [0, 0.05) is 25.4 Å². The molecule has 3 N–H and O–H groups in total. The van der Waals surface area contributed by atoms with Crippen LogP contribution in [-0.2, 0) is 17.8 Å². The molecule has 19 heavy (non-hydrogen) atoms. The highest BCUT2D eigenvalue weighted by Crippen LogP contribution is 2.06. The van der Waals surface area contributed by atoms with Crippen LogP contribution in [0.4, 0.5) is 0 Å². The zero-order valence-electron chi connectivity index (χ0n) is 10.9. The predicted octanol–water partition coefficient (Wildman–Crippen LogP) is 0.938. The summed E-state index contributed by atoms with van der Waals surface area (Å²) >= 11 is 0. The van der Waals surface area contributed by atoms with Crippen molar-refractivity contribution in [1.82, 2.24) is 15.1 Å². The Labute approximate surface area is 112 Å². The van der Waals surface area contributed by atoms with Crippen LogP contribution in [0, 0.1) is 0 Å². The average Bonchev–Trinajstić information content (AvgIpc) is 2.91. The summed E-state index contributed by atoms with van der Waals surface area (Å²) in [4.78, 5) is 13.8. The highest BCUT2D eigenvalue weighted by atomic mass is 16.2. The van der Waals surface area contributed by atoms with E-state index in [2.05, 4.69) is 10.2 Å². The molecule has 5 nitrogen and oxygen atoms in total. The van der Waals surface area contributed by atoms with E-state index in [1.807, 2.05) is 30.3 Å². The maximum absolute atomic E-state index is 12.1. The van der Waals surface area contributed by atoms with E-state index < -0.39 is 6.04 Å². The number of H-pyrrole nitrogens is 1. The predicted molar refractivity (Wildman–Crippen MR) is 73.2 cm³/mol. The number of carbonyl (C=O) groups is 1. The van der Waals surface area contributed by atoms with E-state index in [0.29, 0.717) is 13.0 Å². The maximum Gasteiger partial charge on any atom is 0.239 e. The first-order valence-corrected chi connectivity index (χ1v) is 6.19. The molecule has 0 unspecified atom stereocenters. The van der Waals surface area contributed by atoms with Crippen molar-refractivity contribution in [1.29, 1.82) is 0 Å². The summed E-state index contributed by atoms with van der Waals surface area (Å²) < 4.78 is 0. The van der Waals surface area contributed by atoms with E-state index in [1.165, 1.54) is 0 Å². The molecule has 100 valence electrons. The van der Waals surface area contributed by atoms with Gasteiger partial charge < -0.3 is 10.6 Å². The van der Waals surface area contributed by atoms with Gasteiger partial charge in [0.1, 0.15) is 0 Å². The van der Waals surface area contributed by atoms with Gasteiger partial charge in [-0.15, -0.1) is 0 Å². The van der Waals surface area contributed by atoms with E-state index in [-0.39, 0.29) is 5.91 Å². The summed E-state index contributed by atoms with van der Waals surface area (Å²) in [5.41, 5.74) is 7.99. The lowest BCUT2D eigenvalue weighted by molar-refractivity contribution is -0.131. The number of amides is 1. The fraction of sp³-hybridized carbons (Fsp3) is 0.286. The Kier molecular flexibility index (Phi) is 4.30. The number of carbonyl (C=O) groups excluding carboxylic acids is 1. The minimum Gasteiger partial charge on any atom is -0.340 e. The SMILES string of the molecule is CN(Cc1cn[nH]c1)C(=O)[C@@H](N)Cc1ccccc1. The molecule has 0 saturated heterocycles. The zero-order chi connectivity index (χ0) is 13.7. The number of likely N-dealkylation sites (N-methyl/N-ethyl adjacent to an activating group) is 1. The molecule has 0 aliphatic rings. The van der Waals surface area contributed by atoms with Crippen molar-refractivity contribution >= 4 is 5.91 Å². The smallest absolute Gasteiger partial charge is 0.239 e. The van der Waals surface area contributed by atoms with Gasteiger partial charge in [-0.1, -0.05) is 30.3 Å². The Morgan fingerprint density at radius 1 is 1.37 bits per heavy atom. The number of aromatic amines is 1. The van der Waals surface area contributed by atoms with Crippen LogP contribution >= 0.6 is 0 Å². The van der Waals surface area contributed by atoms with Gasteiger partial charge in [-0.3, -0.25) is 9.89 Å². The number of hydrogen-bond donors (Lipinski definition) is 2. The van der Waals surface area contributed by atoms with E-state index in [1.54, 1.807) is 24.3 Å². The third kappa shape index (κ3) is 3.66. The van der Waals surface area contributed by atoms with Crippen molar-refractivity contribution in [2.75, 3.05) is 7.05 Å². The van der Waals surface area contributed by atoms with E-state index >= 15 is 0 Å². The maximum atomic E-state index is 12.1. The van der Waals surface area contributed by atoms with Gasteiger partial charge in [0.15, 0.2) is 0 Å². The first-order chi connectivity index (χ1) is 9.16. The molecule has 0 aliphatic carbocycles. The zero-order valence-corrected chi connectivity index (χ0v) is 10.9. The van der Waals surface area contributed by atoms with Gasteiger partial charge in [-0.25, -0.2) is 0 Å². The third-order valence-electron chi connectivity index (χ3n) is 2.97. The Morgan fingerprint density at radius 2 is 2.11 bits per heavy atom. The third-order valence-corrected chi connectivity index (χ3v) is 2.97. The molecular formula is C14H18N4O. The molecule has 0 saturated carbocycles. The standard InChI is InChI=1S/C14H18N4O/c1-18(10-12-8-16-17-9-12)14(19)13(15)7-11-5-3-2-4-6-11/h2-6,8-9,13H,7,10,15H2,1H3,(H,16,17)/t13-/m0/s1. The van der Waals surface area contributed by atoms with Gasteiger partial charge in [0.25, 0.3) is 0 Å². The van der Waals surface area contributed by atoms with Crippen molar-refractivity contribution in [2.45, 2.75) is 19.0 Å². The summed E-state index contributed by atoms with van der Waals surface area (Å²) in [6.07, 6.45) is 4.02. The van der Waals surface area contributed by atoms with Crippen LogP contribution in [0.25, 0.3) is 0 Å². The van der Waals surface area contributed by atoms with Crippen LogP contribution in [0.5, 0.6) is 0 Å². The van der Waals surface area contributed by atoms with Crippen molar-refractivity contribution in [3.63, 3.8) is 0 Å². The van der Waals surface area contributed by atoms with E-state index in [9.17, 15) is 4.79 Å². The Balaban J connectivity index is 1.91. The lowest BCUT2D eigenvalue weighted by atomic mass is 10.1. The quantitative estimate of drug-likeness (QED) is 0.838. The van der Waals surface area contributed by atoms with E-state index in [0.717, 1.165) is 11.1 Å². The van der Waals surface area contributed by atoms with Gasteiger partial charge >= 0.3 is 0 Å². The number of hydrogen-bond acceptors (Lipinski definition) is 3. The molecule has 5 heteroatoms. The van der Waals surface area contributed by atoms with Crippen LogP contribution in [-0.4, -0.2) is 34.1 Å². The number of benzene rings is 1. The molecule has 2 rings (SSSR count). The Hall–Kier alpha value is -2.14. The monoisotopic (exact) mass is 258 g/mol. The normalized spacial score (nSPS) is 12.1. The Bertz CT molecular complexity index is 510. The Morgan fingerprint density at radius 3 is 2.74 bits per heavy atom. The van der Waals surface area contributed by atoms with Crippen LogP contribution in [0.1, 0.15) is 11.1 Å². The largest absolute Gasteiger partial charge is 0.340 e. The molecule has 0 aliphatic heterocycles. The molecule has 1 heterocycles. The van der Waals surface area contributed by atoms with Crippen LogP contribution in [0.15, 0.2) is 42.7 Å².